The summed E-state index contributed by atoms with van der Waals surface area (Å²) in [6, 6.07) is 16.7. The predicted molar refractivity (Wildman–Crippen MR) is 173 cm³/mol. The van der Waals surface area contributed by atoms with Crippen molar-refractivity contribution in [1.82, 2.24) is 5.32 Å². The van der Waals surface area contributed by atoms with Gasteiger partial charge in [-0.3, -0.25) is 20.2 Å². The summed E-state index contributed by atoms with van der Waals surface area (Å²) < 4.78 is 16.5. The third kappa shape index (κ3) is 17.7. The Kier molecular flexibility index (Phi) is 18.8. The molecule has 0 spiro atoms. The highest BCUT2D eigenvalue weighted by atomic mass is 79.9. The van der Waals surface area contributed by atoms with Gasteiger partial charge in [0, 0.05) is 6.07 Å². The molecule has 0 amide bonds. The fourth-order valence-electron chi connectivity index (χ4n) is 2.35. The molecular formula is C25H28Br2ClN4O9PS. The summed E-state index contributed by atoms with van der Waals surface area (Å²) in [5, 5.41) is 38.4. The lowest BCUT2D eigenvalue weighted by Crippen LogP contribution is -2.25. The van der Waals surface area contributed by atoms with Crippen molar-refractivity contribution in [2.45, 2.75) is 0 Å². The van der Waals surface area contributed by atoms with Crippen LogP contribution in [0.15, 0.2) is 63.5 Å². The number of nitrogen functional groups attached to an aromatic ring is 1. The van der Waals surface area contributed by atoms with E-state index in [9.17, 15) is 29.5 Å². The lowest BCUT2D eigenvalue weighted by Gasteiger charge is -2.14. The van der Waals surface area contributed by atoms with Gasteiger partial charge < -0.3 is 35.0 Å². The molecule has 0 radical (unpaired) electrons. The number of carboxylic acids is 1. The van der Waals surface area contributed by atoms with Gasteiger partial charge in [0.1, 0.15) is 35.6 Å². The van der Waals surface area contributed by atoms with Crippen LogP contribution in [0, 0.1) is 21.4 Å². The number of rotatable bonds is 7. The van der Waals surface area contributed by atoms with Crippen LogP contribution in [-0.2, 0) is 20.3 Å². The highest BCUT2D eigenvalue weighted by Gasteiger charge is 2.18. The monoisotopic (exact) mass is 784 g/mol. The van der Waals surface area contributed by atoms with Crippen molar-refractivity contribution < 1.29 is 39.0 Å². The number of carbonyl (C=O) groups is 1. The minimum atomic E-state index is -4.35. The zero-order chi connectivity index (χ0) is 33.3. The van der Waals surface area contributed by atoms with Gasteiger partial charge in [0.2, 0.25) is 0 Å². The van der Waals surface area contributed by atoms with E-state index in [0.29, 0.717) is 31.2 Å². The van der Waals surface area contributed by atoms with Crippen LogP contribution in [-0.4, -0.2) is 57.6 Å². The topological polar surface area (TPSA) is 232 Å². The average molecular weight is 787 g/mol. The summed E-state index contributed by atoms with van der Waals surface area (Å²) in [5.74, 6) is -0.198. The molecule has 0 aliphatic heterocycles. The lowest BCUT2D eigenvalue weighted by molar-refractivity contribution is -0.383. The average Bonchev–Trinajstić information content (AvgIpc) is 2.89. The van der Waals surface area contributed by atoms with Crippen molar-refractivity contribution in [3.05, 3.63) is 84.2 Å². The van der Waals surface area contributed by atoms with Gasteiger partial charge in [-0.25, -0.2) is 0 Å². The summed E-state index contributed by atoms with van der Waals surface area (Å²) in [7, 11) is -3.71. The van der Waals surface area contributed by atoms with Crippen LogP contribution in [0.2, 0.25) is 5.02 Å². The summed E-state index contributed by atoms with van der Waals surface area (Å²) in [6.45, 7) is -0.479. The van der Waals surface area contributed by atoms with Crippen LogP contribution in [0.25, 0.3) is 0 Å². The third-order valence-electron chi connectivity index (χ3n) is 4.02. The third-order valence-corrected chi connectivity index (χ3v) is 6.24. The molecule has 18 heteroatoms. The molecule has 3 rings (SSSR count). The number of ether oxygens (including phenoxy) is 1. The number of halogens is 3. The van der Waals surface area contributed by atoms with E-state index in [1.54, 1.807) is 36.4 Å². The number of nitrogens with two attached hydrogens (primary N) is 1. The van der Waals surface area contributed by atoms with Crippen LogP contribution in [0.1, 0.15) is 5.56 Å². The number of phenolic OH excluding ortho intramolecular Hbond substituents is 1. The number of hydrogen-bond acceptors (Lipinski definition) is 10. The zero-order valence-corrected chi connectivity index (χ0v) is 28.5. The SMILES string of the molecule is C[S+](C)C.N#Cc1cc(Br)c(O)c(Br)c1.Nc1c([N+](=O)[O-])ccc(Oc2ccccc2)c1Cl.O=C(O)CNCP(=O)([O-])O. The Hall–Kier alpha value is -2.87. The van der Waals surface area contributed by atoms with Gasteiger partial charge in [-0.2, -0.15) is 5.26 Å². The number of phenols is 1. The van der Waals surface area contributed by atoms with E-state index < -0.39 is 31.3 Å². The van der Waals surface area contributed by atoms with Gasteiger partial charge in [0.15, 0.2) is 0 Å². The molecule has 3 aromatic rings. The van der Waals surface area contributed by atoms with Gasteiger partial charge in [-0.05, 0) is 73.1 Å². The molecule has 0 aromatic heterocycles. The van der Waals surface area contributed by atoms with Gasteiger partial charge in [-0.1, -0.05) is 29.8 Å². The van der Waals surface area contributed by atoms with Gasteiger partial charge >= 0.3 is 5.97 Å². The van der Waals surface area contributed by atoms with E-state index in [-0.39, 0.29) is 27.9 Å². The quantitative estimate of drug-likeness (QED) is 0.0695. The van der Waals surface area contributed by atoms with Gasteiger partial charge in [0.25, 0.3) is 5.69 Å². The standard InChI is InChI=1S/C12H9ClN2O3.C7H3Br2NO.C3H8NO5P.C3H9S/c13-11-10(18-8-4-2-1-3-5-8)7-6-9(12(11)14)15(16)17;8-5-1-4(3-10)2-6(9)7(5)11;5-3(6)1-4-2-10(7,8)9;1-4(2)3/h1-7H,14H2;1-2,11H;4H,1-2H2,(H,5,6)(H2,7,8,9);1-3H3/q;;;+1/p-1. The number of nitriles is 1. The predicted octanol–water partition coefficient (Wildman–Crippen LogP) is 5.07. The van der Waals surface area contributed by atoms with E-state index in [1.807, 2.05) is 17.5 Å². The van der Waals surface area contributed by atoms with Crippen molar-refractivity contribution in [1.29, 1.82) is 5.26 Å². The van der Waals surface area contributed by atoms with Gasteiger partial charge in [-0.15, -0.1) is 0 Å². The van der Waals surface area contributed by atoms with E-state index in [4.69, 9.17) is 37.3 Å². The fraction of sp³-hybridized carbons (Fsp3) is 0.200. The summed E-state index contributed by atoms with van der Waals surface area (Å²) >= 11 is 12.2. The van der Waals surface area contributed by atoms with Crippen LogP contribution >= 0.6 is 51.1 Å². The molecule has 0 saturated carbocycles. The molecule has 0 aliphatic rings. The second-order valence-corrected chi connectivity index (χ2v) is 14.4. The molecule has 0 saturated heterocycles. The Morgan fingerprint density at radius 1 is 1.19 bits per heavy atom. The molecular weight excluding hydrogens is 759 g/mol. The summed E-state index contributed by atoms with van der Waals surface area (Å²) in [4.78, 5) is 37.8. The minimum absolute atomic E-state index is 0.0352. The number of benzene rings is 3. The second-order valence-electron chi connectivity index (χ2n) is 8.22. The van der Waals surface area contributed by atoms with E-state index in [2.05, 4.69) is 50.6 Å². The molecule has 0 heterocycles. The van der Waals surface area contributed by atoms with Crippen molar-refractivity contribution in [2.24, 2.45) is 0 Å². The molecule has 1 unspecified atom stereocenters. The maximum absolute atomic E-state index is 10.7. The van der Waals surface area contributed by atoms with E-state index >= 15 is 0 Å². The number of nitro benzene ring substituents is 1. The Bertz CT molecular complexity index is 1430. The van der Waals surface area contributed by atoms with Crippen LogP contribution < -0.4 is 20.7 Å². The molecule has 1 atom stereocenters. The first-order valence-corrected chi connectivity index (χ1v) is 17.5. The summed E-state index contributed by atoms with van der Waals surface area (Å²) in [6.07, 6.45) is 5.87. The van der Waals surface area contributed by atoms with E-state index in [0.717, 1.165) is 0 Å². The highest BCUT2D eigenvalue weighted by molar-refractivity contribution is 9.11. The number of nitrogens with one attached hydrogen (secondary N) is 1. The Balaban J connectivity index is 0.000000610. The summed E-state index contributed by atoms with van der Waals surface area (Å²) in [5.41, 5.74) is 5.75. The number of anilines is 1. The van der Waals surface area contributed by atoms with Crippen molar-refractivity contribution in [3.63, 3.8) is 0 Å². The first kappa shape index (κ1) is 40.1. The number of aromatic hydroxyl groups is 1. The number of aliphatic carboxylic acids is 1. The number of hydrogen-bond donors (Lipinski definition) is 5. The Labute approximate surface area is 272 Å². The molecule has 43 heavy (non-hydrogen) atoms. The Morgan fingerprint density at radius 2 is 1.70 bits per heavy atom. The van der Waals surface area contributed by atoms with Crippen LogP contribution in [0.3, 0.4) is 0 Å². The smallest absolute Gasteiger partial charge is 0.317 e. The number of nitrogens with zero attached hydrogens (tertiary/aromatic N) is 2. The molecule has 3 aromatic carbocycles. The number of nitro groups is 1. The zero-order valence-electron chi connectivity index (χ0n) is 22.9. The lowest BCUT2D eigenvalue weighted by atomic mass is 10.2. The molecule has 0 aliphatic carbocycles. The molecule has 6 N–H and O–H groups in total. The number of para-hydroxylation sites is 1. The molecule has 13 nitrogen and oxygen atoms in total. The molecule has 0 bridgehead atoms. The van der Waals surface area contributed by atoms with Crippen molar-refractivity contribution in [2.75, 3.05) is 37.3 Å². The van der Waals surface area contributed by atoms with E-state index in [1.165, 1.54) is 12.1 Å². The van der Waals surface area contributed by atoms with Gasteiger partial charge in [0.05, 0.1) is 57.1 Å². The number of carboxylic acid groups (broad SMARTS) is 1. The molecule has 234 valence electrons. The largest absolute Gasteiger partial charge is 0.778 e. The van der Waals surface area contributed by atoms with Crippen molar-refractivity contribution in [3.8, 4) is 23.3 Å². The maximum Gasteiger partial charge on any atom is 0.317 e. The fourth-order valence-corrected chi connectivity index (χ4v) is 4.13. The normalized spacial score (nSPS) is 11.2. The maximum atomic E-state index is 10.7. The minimum Gasteiger partial charge on any atom is -0.778 e. The highest BCUT2D eigenvalue weighted by Crippen LogP contribution is 2.39. The van der Waals surface area contributed by atoms with Crippen LogP contribution in [0.5, 0.6) is 17.2 Å². The second kappa shape index (κ2) is 20.2. The van der Waals surface area contributed by atoms with Crippen molar-refractivity contribution >= 4 is 79.3 Å². The Morgan fingerprint density at radius 3 is 2.12 bits per heavy atom. The first-order chi connectivity index (χ1) is 19.9. The van der Waals surface area contributed by atoms with Crippen LogP contribution in [0.4, 0.5) is 11.4 Å². The molecule has 0 fully saturated rings. The first-order valence-electron chi connectivity index (χ1n) is 11.4.